The van der Waals surface area contributed by atoms with Gasteiger partial charge in [-0.15, -0.1) is 0 Å². The van der Waals surface area contributed by atoms with E-state index in [1.54, 1.807) is 0 Å². The van der Waals surface area contributed by atoms with Crippen molar-refractivity contribution in [3.05, 3.63) is 0 Å². The Morgan fingerprint density at radius 3 is 3.00 bits per heavy atom. The quantitative estimate of drug-likeness (QED) is 0.677. The molecule has 4 heteroatoms. The lowest BCUT2D eigenvalue weighted by Gasteiger charge is -2.15. The zero-order chi connectivity index (χ0) is 10.4. The molecule has 0 aromatic carbocycles. The first-order valence-electron chi connectivity index (χ1n) is 5.22. The number of hydrogen-bond acceptors (Lipinski definition) is 3. The van der Waals surface area contributed by atoms with Crippen LogP contribution in [0.5, 0.6) is 0 Å². The van der Waals surface area contributed by atoms with Gasteiger partial charge in [0.15, 0.2) is 0 Å². The van der Waals surface area contributed by atoms with Crippen LogP contribution in [0.4, 0.5) is 4.79 Å². The molecule has 1 atom stereocenters. The molecule has 82 valence electrons. The van der Waals surface area contributed by atoms with Crippen LogP contribution >= 0.6 is 11.8 Å². The molecule has 1 aliphatic heterocycles. The largest absolute Gasteiger partial charge is 0.449 e. The van der Waals surface area contributed by atoms with E-state index < -0.39 is 0 Å². The predicted molar refractivity (Wildman–Crippen MR) is 59.7 cm³/mol. The molecule has 0 spiro atoms. The van der Waals surface area contributed by atoms with Crippen molar-refractivity contribution in [2.45, 2.75) is 31.4 Å². The van der Waals surface area contributed by atoms with Crippen LogP contribution in [0.25, 0.3) is 0 Å². The molecule has 0 aromatic rings. The number of ether oxygens (including phenoxy) is 1. The first-order valence-corrected chi connectivity index (χ1v) is 6.51. The number of likely N-dealkylation sites (tertiary alicyclic amines) is 1. The van der Waals surface area contributed by atoms with Crippen LogP contribution in [0.2, 0.25) is 0 Å². The average Bonchev–Trinajstić information content (AvgIpc) is 2.66. The van der Waals surface area contributed by atoms with E-state index >= 15 is 0 Å². The maximum atomic E-state index is 11.5. The summed E-state index contributed by atoms with van der Waals surface area (Å²) in [5.41, 5.74) is 0. The summed E-state index contributed by atoms with van der Waals surface area (Å²) >= 11 is 1.83. The van der Waals surface area contributed by atoms with Gasteiger partial charge in [-0.25, -0.2) is 4.79 Å². The Kier molecular flexibility index (Phi) is 5.15. The van der Waals surface area contributed by atoms with E-state index in [2.05, 4.69) is 13.2 Å². The van der Waals surface area contributed by atoms with Crippen LogP contribution in [0.3, 0.4) is 0 Å². The highest BCUT2D eigenvalue weighted by Crippen LogP contribution is 2.20. The molecule has 0 aromatic heterocycles. The molecule has 0 radical (unpaired) electrons. The van der Waals surface area contributed by atoms with Crippen molar-refractivity contribution in [1.29, 1.82) is 0 Å². The highest BCUT2D eigenvalue weighted by atomic mass is 32.2. The number of hydrogen-bond donors (Lipinski definition) is 0. The maximum absolute atomic E-state index is 11.5. The number of nitrogens with zero attached hydrogens (tertiary/aromatic N) is 1. The molecule has 1 fully saturated rings. The van der Waals surface area contributed by atoms with E-state index in [1.165, 1.54) is 0 Å². The van der Waals surface area contributed by atoms with Crippen molar-refractivity contribution in [1.82, 2.24) is 4.90 Å². The van der Waals surface area contributed by atoms with Crippen molar-refractivity contribution >= 4 is 17.9 Å². The summed E-state index contributed by atoms with van der Waals surface area (Å²) < 4.78 is 5.14. The third-order valence-corrected chi connectivity index (χ3v) is 3.51. The van der Waals surface area contributed by atoms with Gasteiger partial charge in [-0.3, -0.25) is 0 Å². The minimum absolute atomic E-state index is 0.130. The van der Waals surface area contributed by atoms with Crippen molar-refractivity contribution in [3.63, 3.8) is 0 Å². The van der Waals surface area contributed by atoms with Gasteiger partial charge in [0, 0.05) is 18.3 Å². The monoisotopic (exact) mass is 217 g/mol. The van der Waals surface area contributed by atoms with Gasteiger partial charge >= 0.3 is 6.09 Å². The van der Waals surface area contributed by atoms with Gasteiger partial charge in [0.2, 0.25) is 0 Å². The molecule has 1 aliphatic rings. The normalized spacial score (nSPS) is 21.3. The number of unbranched alkanes of at least 4 members (excludes halogenated alkanes) is 1. The van der Waals surface area contributed by atoms with Crippen molar-refractivity contribution in [2.75, 3.05) is 26.0 Å². The first kappa shape index (κ1) is 11.7. The Balaban J connectivity index is 2.18. The van der Waals surface area contributed by atoms with E-state index in [9.17, 15) is 4.79 Å². The molecular weight excluding hydrogens is 198 g/mol. The highest BCUT2D eigenvalue weighted by molar-refractivity contribution is 7.99. The summed E-state index contributed by atoms with van der Waals surface area (Å²) in [6, 6.07) is 0. The van der Waals surface area contributed by atoms with E-state index in [0.29, 0.717) is 11.9 Å². The van der Waals surface area contributed by atoms with E-state index in [-0.39, 0.29) is 6.09 Å². The second-order valence-corrected chi connectivity index (χ2v) is 4.70. The molecule has 1 rings (SSSR count). The summed E-state index contributed by atoms with van der Waals surface area (Å²) in [5.74, 6) is 0. The molecule has 0 aliphatic carbocycles. The molecule has 1 amide bonds. The lowest BCUT2D eigenvalue weighted by atomic mass is 10.4. The van der Waals surface area contributed by atoms with Crippen molar-refractivity contribution in [3.8, 4) is 0 Å². The molecule has 0 N–H and O–H groups in total. The van der Waals surface area contributed by atoms with Crippen molar-refractivity contribution in [2.24, 2.45) is 0 Å². The second-order valence-electron chi connectivity index (χ2n) is 3.56. The zero-order valence-electron chi connectivity index (χ0n) is 8.99. The van der Waals surface area contributed by atoms with Gasteiger partial charge < -0.3 is 9.64 Å². The molecule has 0 saturated carbocycles. The van der Waals surface area contributed by atoms with E-state index in [4.69, 9.17) is 4.74 Å². The average molecular weight is 217 g/mol. The fraction of sp³-hybridized carbons (Fsp3) is 0.900. The SMILES string of the molecule is CCCCOC(=O)N1CC[C@@H](SC)C1. The lowest BCUT2D eigenvalue weighted by Crippen LogP contribution is -2.29. The number of thioether (sulfide) groups is 1. The number of rotatable bonds is 4. The van der Waals surface area contributed by atoms with Gasteiger partial charge in [-0.05, 0) is 19.1 Å². The van der Waals surface area contributed by atoms with Crippen LogP contribution < -0.4 is 0 Å². The van der Waals surface area contributed by atoms with Crippen LogP contribution in [0.15, 0.2) is 0 Å². The molecule has 1 heterocycles. The van der Waals surface area contributed by atoms with Gasteiger partial charge in [0.25, 0.3) is 0 Å². The molecule has 0 unspecified atom stereocenters. The lowest BCUT2D eigenvalue weighted by molar-refractivity contribution is 0.109. The topological polar surface area (TPSA) is 29.5 Å². The second kappa shape index (κ2) is 6.17. The van der Waals surface area contributed by atoms with Gasteiger partial charge in [0.05, 0.1) is 6.61 Å². The van der Waals surface area contributed by atoms with Crippen LogP contribution in [0.1, 0.15) is 26.2 Å². The molecule has 3 nitrogen and oxygen atoms in total. The molecular formula is C10H19NO2S. The Labute approximate surface area is 90.2 Å². The van der Waals surface area contributed by atoms with E-state index in [1.807, 2.05) is 16.7 Å². The minimum atomic E-state index is -0.130. The highest BCUT2D eigenvalue weighted by Gasteiger charge is 2.26. The summed E-state index contributed by atoms with van der Waals surface area (Å²) in [7, 11) is 0. The minimum Gasteiger partial charge on any atom is -0.449 e. The van der Waals surface area contributed by atoms with Crippen LogP contribution in [-0.4, -0.2) is 42.2 Å². The molecule has 0 bridgehead atoms. The zero-order valence-corrected chi connectivity index (χ0v) is 9.81. The predicted octanol–water partition coefficient (Wildman–Crippen LogP) is 2.36. The standard InChI is InChI=1S/C10H19NO2S/c1-3-4-7-13-10(12)11-6-5-9(8-11)14-2/h9H,3-8H2,1-2H3/t9-/m1/s1. The third-order valence-electron chi connectivity index (χ3n) is 2.46. The summed E-state index contributed by atoms with van der Waals surface area (Å²) in [5, 5.41) is 0.605. The Hall–Kier alpha value is -0.380. The molecule has 1 saturated heterocycles. The van der Waals surface area contributed by atoms with Crippen molar-refractivity contribution < 1.29 is 9.53 Å². The Morgan fingerprint density at radius 2 is 2.43 bits per heavy atom. The summed E-state index contributed by atoms with van der Waals surface area (Å²) in [4.78, 5) is 13.3. The number of amides is 1. The number of carbonyl (C=O) groups is 1. The van der Waals surface area contributed by atoms with E-state index in [0.717, 1.165) is 32.4 Å². The van der Waals surface area contributed by atoms with Gasteiger partial charge in [-0.2, -0.15) is 11.8 Å². The fourth-order valence-corrected chi connectivity index (χ4v) is 2.15. The smallest absolute Gasteiger partial charge is 0.409 e. The van der Waals surface area contributed by atoms with Crippen LogP contribution in [-0.2, 0) is 4.74 Å². The first-order chi connectivity index (χ1) is 6.77. The van der Waals surface area contributed by atoms with Gasteiger partial charge in [0.1, 0.15) is 0 Å². The van der Waals surface area contributed by atoms with Crippen LogP contribution in [0, 0.1) is 0 Å². The van der Waals surface area contributed by atoms with Gasteiger partial charge in [-0.1, -0.05) is 13.3 Å². The third kappa shape index (κ3) is 3.40. The number of carbonyl (C=O) groups excluding carboxylic acids is 1. The molecule has 14 heavy (non-hydrogen) atoms. The summed E-state index contributed by atoms with van der Waals surface area (Å²) in [6.07, 6.45) is 5.10. The Morgan fingerprint density at radius 1 is 1.64 bits per heavy atom. The fourth-order valence-electron chi connectivity index (χ4n) is 1.48. The summed E-state index contributed by atoms with van der Waals surface area (Å²) in [6.45, 7) is 4.37. The Bertz CT molecular complexity index is 187. The maximum Gasteiger partial charge on any atom is 0.409 e.